The lowest BCUT2D eigenvalue weighted by Gasteiger charge is -2.02. The first-order valence-electron chi connectivity index (χ1n) is 4.26. The fourth-order valence-corrected chi connectivity index (χ4v) is 1.60. The third-order valence-corrected chi connectivity index (χ3v) is 2.21. The molecule has 0 amide bonds. The number of nitriles is 1. The predicted molar refractivity (Wildman–Crippen MR) is 53.8 cm³/mol. The molecule has 0 spiro atoms. The molecule has 0 atom stereocenters. The van der Waals surface area contributed by atoms with Gasteiger partial charge < -0.3 is 0 Å². The van der Waals surface area contributed by atoms with Crippen molar-refractivity contribution in [1.29, 1.82) is 5.26 Å². The predicted octanol–water partition coefficient (Wildman–Crippen LogP) is 2.79. The Morgan fingerprint density at radius 2 is 2.31 bits per heavy atom. The summed E-state index contributed by atoms with van der Waals surface area (Å²) in [6, 6.07) is 8.17. The molecule has 0 saturated heterocycles. The molecular formula is C12H9N. The molecule has 0 fully saturated rings. The van der Waals surface area contributed by atoms with Crippen LogP contribution < -0.4 is 0 Å². The van der Waals surface area contributed by atoms with Crippen molar-refractivity contribution >= 4 is 12.2 Å². The van der Waals surface area contributed by atoms with Crippen molar-refractivity contribution < 1.29 is 0 Å². The zero-order valence-corrected chi connectivity index (χ0v) is 7.20. The van der Waals surface area contributed by atoms with E-state index in [0.717, 1.165) is 12.0 Å². The van der Waals surface area contributed by atoms with Crippen LogP contribution in [0.3, 0.4) is 0 Å². The van der Waals surface area contributed by atoms with Gasteiger partial charge in [-0.1, -0.05) is 30.4 Å². The highest BCUT2D eigenvalue weighted by Crippen LogP contribution is 2.23. The molecule has 1 aromatic rings. The summed E-state index contributed by atoms with van der Waals surface area (Å²) in [6.07, 6.45) is 8.65. The van der Waals surface area contributed by atoms with E-state index in [9.17, 15) is 0 Å². The van der Waals surface area contributed by atoms with Crippen molar-refractivity contribution in [3.05, 3.63) is 47.0 Å². The van der Waals surface area contributed by atoms with Crippen LogP contribution in [0.2, 0.25) is 0 Å². The van der Waals surface area contributed by atoms with Crippen molar-refractivity contribution in [3.63, 3.8) is 0 Å². The highest BCUT2D eigenvalue weighted by molar-refractivity contribution is 5.68. The Bertz CT molecular complexity index is 419. The molecule has 1 aromatic carbocycles. The minimum Gasteiger partial charge on any atom is -0.193 e. The summed E-state index contributed by atoms with van der Waals surface area (Å²) in [5.41, 5.74) is 3.76. The van der Waals surface area contributed by atoms with Crippen molar-refractivity contribution in [3.8, 4) is 6.07 Å². The van der Waals surface area contributed by atoms with Crippen LogP contribution in [0.4, 0.5) is 0 Å². The largest absolute Gasteiger partial charge is 0.193 e. The summed E-state index contributed by atoms with van der Waals surface area (Å²) in [7, 11) is 0. The lowest BCUT2D eigenvalue weighted by Crippen LogP contribution is -1.85. The highest BCUT2D eigenvalue weighted by Gasteiger charge is 2.06. The normalized spacial score (nSPS) is 13.2. The number of benzene rings is 1. The lowest BCUT2D eigenvalue weighted by molar-refractivity contribution is 1.30. The fraction of sp³-hybridized carbons (Fsp3) is 0.0833. The van der Waals surface area contributed by atoms with Gasteiger partial charge >= 0.3 is 0 Å². The molecule has 0 aliphatic heterocycles. The van der Waals surface area contributed by atoms with Gasteiger partial charge in [-0.15, -0.1) is 0 Å². The van der Waals surface area contributed by atoms with Crippen LogP contribution in [0.5, 0.6) is 0 Å². The van der Waals surface area contributed by atoms with Crippen LogP contribution in [0.1, 0.15) is 16.7 Å². The molecule has 1 nitrogen and oxygen atoms in total. The summed E-state index contributed by atoms with van der Waals surface area (Å²) in [5.74, 6) is 0. The minimum absolute atomic E-state index is 0.987. The number of hydrogen-bond acceptors (Lipinski definition) is 1. The van der Waals surface area contributed by atoms with Gasteiger partial charge in [-0.3, -0.25) is 0 Å². The Hall–Kier alpha value is -1.81. The van der Waals surface area contributed by atoms with Gasteiger partial charge in [0, 0.05) is 6.08 Å². The maximum atomic E-state index is 8.42. The molecule has 0 heterocycles. The maximum absolute atomic E-state index is 8.42. The van der Waals surface area contributed by atoms with Gasteiger partial charge in [0.15, 0.2) is 0 Å². The topological polar surface area (TPSA) is 23.8 Å². The average Bonchev–Trinajstić information content (AvgIpc) is 2.62. The number of nitrogens with zero attached hydrogens (tertiary/aromatic N) is 1. The van der Waals surface area contributed by atoms with Crippen LogP contribution in [0.15, 0.2) is 30.4 Å². The summed E-state index contributed by atoms with van der Waals surface area (Å²) in [6.45, 7) is 0. The number of rotatable bonds is 1. The van der Waals surface area contributed by atoms with Crippen LogP contribution in [0.25, 0.3) is 12.2 Å². The molecule has 62 valence electrons. The zero-order valence-electron chi connectivity index (χ0n) is 7.20. The molecule has 1 aliphatic carbocycles. The Morgan fingerprint density at radius 3 is 3.15 bits per heavy atom. The van der Waals surface area contributed by atoms with E-state index in [1.165, 1.54) is 17.2 Å². The first-order valence-corrected chi connectivity index (χ1v) is 4.26. The first-order chi connectivity index (χ1) is 6.42. The smallest absolute Gasteiger partial charge is 0.0912 e. The SMILES string of the molecule is N#CC=Cc1cccc2c1CC=C2. The van der Waals surface area contributed by atoms with E-state index in [1.807, 2.05) is 24.3 Å². The van der Waals surface area contributed by atoms with Crippen molar-refractivity contribution in [1.82, 2.24) is 0 Å². The maximum Gasteiger partial charge on any atom is 0.0912 e. The van der Waals surface area contributed by atoms with Crippen molar-refractivity contribution in [2.24, 2.45) is 0 Å². The molecule has 0 aromatic heterocycles. The molecule has 13 heavy (non-hydrogen) atoms. The highest BCUT2D eigenvalue weighted by atomic mass is 14.2. The third-order valence-electron chi connectivity index (χ3n) is 2.21. The van der Waals surface area contributed by atoms with Crippen LogP contribution in [-0.2, 0) is 6.42 Å². The second-order valence-electron chi connectivity index (χ2n) is 2.98. The molecule has 0 bridgehead atoms. The second-order valence-corrected chi connectivity index (χ2v) is 2.98. The van der Waals surface area contributed by atoms with Gasteiger partial charge in [0.25, 0.3) is 0 Å². The second kappa shape index (κ2) is 3.28. The van der Waals surface area contributed by atoms with Gasteiger partial charge in [0.1, 0.15) is 0 Å². The number of hydrogen-bond donors (Lipinski definition) is 0. The molecule has 0 unspecified atom stereocenters. The third kappa shape index (κ3) is 1.39. The van der Waals surface area contributed by atoms with E-state index in [-0.39, 0.29) is 0 Å². The quantitative estimate of drug-likeness (QED) is 0.590. The van der Waals surface area contributed by atoms with E-state index in [4.69, 9.17) is 5.26 Å². The summed E-state index contributed by atoms with van der Waals surface area (Å²) >= 11 is 0. The van der Waals surface area contributed by atoms with E-state index in [1.54, 1.807) is 0 Å². The lowest BCUT2D eigenvalue weighted by atomic mass is 10.0. The van der Waals surface area contributed by atoms with E-state index < -0.39 is 0 Å². The fourth-order valence-electron chi connectivity index (χ4n) is 1.60. The van der Waals surface area contributed by atoms with Crippen LogP contribution >= 0.6 is 0 Å². The number of allylic oxidation sites excluding steroid dienone is 2. The standard InChI is InChI=1S/C12H9N/c13-9-3-7-11-5-1-4-10-6-2-8-12(10)11/h1-7H,8H2. The first kappa shape index (κ1) is 7.82. The molecule has 1 heteroatoms. The molecule has 0 radical (unpaired) electrons. The van der Waals surface area contributed by atoms with Gasteiger partial charge in [0.2, 0.25) is 0 Å². The van der Waals surface area contributed by atoms with Gasteiger partial charge in [-0.05, 0) is 29.2 Å². The number of fused-ring (bicyclic) bond motifs is 1. The zero-order chi connectivity index (χ0) is 9.10. The van der Waals surface area contributed by atoms with Gasteiger partial charge in [-0.2, -0.15) is 5.26 Å². The van der Waals surface area contributed by atoms with Gasteiger partial charge in [0.05, 0.1) is 6.07 Å². The van der Waals surface area contributed by atoms with Crippen molar-refractivity contribution in [2.45, 2.75) is 6.42 Å². The molecule has 0 saturated carbocycles. The molecular weight excluding hydrogens is 158 g/mol. The van der Waals surface area contributed by atoms with Crippen molar-refractivity contribution in [2.75, 3.05) is 0 Å². The Kier molecular flexibility index (Phi) is 1.97. The summed E-state index contributed by atoms with van der Waals surface area (Å²) < 4.78 is 0. The van der Waals surface area contributed by atoms with E-state index >= 15 is 0 Å². The van der Waals surface area contributed by atoms with Crippen LogP contribution in [0, 0.1) is 11.3 Å². The Labute approximate surface area is 77.6 Å². The van der Waals surface area contributed by atoms with E-state index in [2.05, 4.69) is 18.2 Å². The molecule has 1 aliphatic rings. The average molecular weight is 167 g/mol. The molecule has 0 N–H and O–H groups in total. The monoisotopic (exact) mass is 167 g/mol. The molecule has 2 rings (SSSR count). The Balaban J connectivity index is 2.45. The van der Waals surface area contributed by atoms with E-state index in [0.29, 0.717) is 0 Å². The Morgan fingerprint density at radius 1 is 1.38 bits per heavy atom. The summed E-state index contributed by atoms with van der Waals surface area (Å²) in [4.78, 5) is 0. The minimum atomic E-state index is 0.987. The summed E-state index contributed by atoms with van der Waals surface area (Å²) in [5, 5.41) is 8.42. The van der Waals surface area contributed by atoms with Gasteiger partial charge in [-0.25, -0.2) is 0 Å². The van der Waals surface area contributed by atoms with Crippen LogP contribution in [-0.4, -0.2) is 0 Å².